The van der Waals surface area contributed by atoms with E-state index in [2.05, 4.69) is 24.9 Å². The van der Waals surface area contributed by atoms with Crippen molar-refractivity contribution in [2.24, 2.45) is 0 Å². The van der Waals surface area contributed by atoms with Gasteiger partial charge in [0.15, 0.2) is 5.65 Å². The number of piperazine rings is 1. The minimum absolute atomic E-state index is 0.0432. The van der Waals surface area contributed by atoms with Gasteiger partial charge in [0, 0.05) is 52.4 Å². The van der Waals surface area contributed by atoms with Gasteiger partial charge >= 0.3 is 0 Å². The molecule has 0 unspecified atom stereocenters. The molecule has 0 atom stereocenters. The zero-order valence-corrected chi connectivity index (χ0v) is 21.4. The maximum Gasteiger partial charge on any atom is 0.253 e. The van der Waals surface area contributed by atoms with Gasteiger partial charge in [0.2, 0.25) is 0 Å². The van der Waals surface area contributed by atoms with E-state index in [0.29, 0.717) is 18.7 Å². The van der Waals surface area contributed by atoms with Gasteiger partial charge in [-0.1, -0.05) is 18.2 Å². The van der Waals surface area contributed by atoms with Gasteiger partial charge in [-0.25, -0.2) is 14.6 Å². The average molecular weight is 502 g/mol. The number of methoxy groups -OCH3 is 2. The van der Waals surface area contributed by atoms with Crippen LogP contribution in [0.15, 0.2) is 61.1 Å². The molecular weight excluding hydrogens is 470 g/mol. The van der Waals surface area contributed by atoms with Crippen LogP contribution in [0.4, 0.5) is 11.5 Å². The van der Waals surface area contributed by atoms with Crippen LogP contribution in [0.1, 0.15) is 10.4 Å². The smallest absolute Gasteiger partial charge is 0.253 e. The molecule has 3 heterocycles. The molecule has 0 spiro atoms. The Morgan fingerprint density at radius 3 is 2.49 bits per heavy atom. The maximum atomic E-state index is 12.9. The number of para-hydroxylation sites is 1. The predicted octanol–water partition coefficient (Wildman–Crippen LogP) is 2.87. The molecule has 10 heteroatoms. The summed E-state index contributed by atoms with van der Waals surface area (Å²) in [6.45, 7) is 4.06. The van der Waals surface area contributed by atoms with Gasteiger partial charge in [0.25, 0.3) is 5.91 Å². The topological polar surface area (TPSA) is 88.8 Å². The normalized spacial score (nSPS) is 13.7. The van der Waals surface area contributed by atoms with E-state index in [0.717, 1.165) is 60.2 Å². The monoisotopic (exact) mass is 501 g/mol. The molecule has 1 saturated heterocycles. The number of benzene rings is 2. The highest BCUT2D eigenvalue weighted by atomic mass is 16.5. The van der Waals surface area contributed by atoms with E-state index < -0.39 is 0 Å². The molecule has 1 fully saturated rings. The third-order valence-electron chi connectivity index (χ3n) is 6.67. The van der Waals surface area contributed by atoms with Crippen molar-refractivity contribution < 1.29 is 14.3 Å². The summed E-state index contributed by atoms with van der Waals surface area (Å²) in [4.78, 5) is 28.2. The van der Waals surface area contributed by atoms with Crippen molar-refractivity contribution in [3.63, 3.8) is 0 Å². The minimum Gasteiger partial charge on any atom is -0.495 e. The number of nitrogens with zero attached hydrogens (tertiary/aromatic N) is 7. The Balaban J connectivity index is 1.34. The number of likely N-dealkylation sites (N-methyl/N-ethyl adjacent to an activating group) is 1. The second-order valence-corrected chi connectivity index (χ2v) is 8.91. The second-order valence-electron chi connectivity index (χ2n) is 8.91. The van der Waals surface area contributed by atoms with Crippen molar-refractivity contribution in [1.29, 1.82) is 0 Å². The summed E-state index contributed by atoms with van der Waals surface area (Å²) in [6, 6.07) is 15.6. The highest BCUT2D eigenvalue weighted by molar-refractivity contribution is 5.95. The van der Waals surface area contributed by atoms with E-state index in [1.54, 1.807) is 32.5 Å². The highest BCUT2D eigenvalue weighted by Crippen LogP contribution is 2.32. The number of amides is 1. The Morgan fingerprint density at radius 1 is 1.00 bits per heavy atom. The minimum atomic E-state index is -0.0432. The number of hydrogen-bond acceptors (Lipinski definition) is 8. The number of hydrogen-bond donors (Lipinski definition) is 0. The molecule has 1 aliphatic heterocycles. The number of aromatic nitrogens is 4. The molecule has 0 radical (unpaired) electrons. The number of carbonyl (C=O) groups excluding carboxylic acids is 1. The van der Waals surface area contributed by atoms with Crippen LogP contribution in [0.2, 0.25) is 0 Å². The molecule has 0 saturated carbocycles. The largest absolute Gasteiger partial charge is 0.495 e. The molecule has 4 aromatic rings. The van der Waals surface area contributed by atoms with E-state index >= 15 is 0 Å². The van der Waals surface area contributed by atoms with Crippen molar-refractivity contribution >= 4 is 28.4 Å². The number of ether oxygens (including phenoxy) is 2. The molecule has 37 heavy (non-hydrogen) atoms. The van der Waals surface area contributed by atoms with Crippen molar-refractivity contribution in [3.8, 4) is 11.4 Å². The zero-order valence-electron chi connectivity index (χ0n) is 21.4. The first-order valence-corrected chi connectivity index (χ1v) is 12.3. The first-order chi connectivity index (χ1) is 18.1. The van der Waals surface area contributed by atoms with Crippen LogP contribution < -0.4 is 14.5 Å². The lowest BCUT2D eigenvalue weighted by molar-refractivity contribution is 0.0744. The van der Waals surface area contributed by atoms with Gasteiger partial charge in [-0.05, 0) is 30.3 Å². The first-order valence-electron chi connectivity index (χ1n) is 12.3. The van der Waals surface area contributed by atoms with Gasteiger partial charge in [-0.3, -0.25) is 4.79 Å². The van der Waals surface area contributed by atoms with E-state index in [4.69, 9.17) is 9.47 Å². The van der Waals surface area contributed by atoms with Gasteiger partial charge in [-0.2, -0.15) is 5.10 Å². The molecule has 0 N–H and O–H groups in total. The Hall–Kier alpha value is -4.18. The summed E-state index contributed by atoms with van der Waals surface area (Å²) in [6.07, 6.45) is 3.44. The highest BCUT2D eigenvalue weighted by Gasteiger charge is 2.24. The standard InChI is InChI=1S/C27H31N7O3/c1-31(15-16-36-2)27(35)20-9-10-24(37-3)23(17-20)32-11-13-33(14-12-32)25-22-18-30-34(26(22)29-19-28-25)21-7-5-4-6-8-21/h4-10,17-19H,11-16H2,1-3H3. The lowest BCUT2D eigenvalue weighted by Crippen LogP contribution is -2.47. The van der Waals surface area contributed by atoms with Gasteiger partial charge < -0.3 is 24.2 Å². The number of anilines is 2. The average Bonchev–Trinajstić information content (AvgIpc) is 3.40. The quantitative estimate of drug-likeness (QED) is 0.364. The van der Waals surface area contributed by atoms with Crippen molar-refractivity contribution in [1.82, 2.24) is 24.6 Å². The fraction of sp³-hybridized carbons (Fsp3) is 0.333. The first kappa shape index (κ1) is 24.5. The third kappa shape index (κ3) is 4.92. The third-order valence-corrected chi connectivity index (χ3v) is 6.67. The van der Waals surface area contributed by atoms with E-state index in [1.807, 2.05) is 59.4 Å². The lowest BCUT2D eigenvalue weighted by atomic mass is 10.1. The Bertz CT molecular complexity index is 1370. The molecule has 0 aliphatic carbocycles. The summed E-state index contributed by atoms with van der Waals surface area (Å²) in [5.41, 5.74) is 3.28. The van der Waals surface area contributed by atoms with E-state index in [9.17, 15) is 4.79 Å². The molecule has 2 aromatic heterocycles. The summed E-state index contributed by atoms with van der Waals surface area (Å²) < 4.78 is 12.6. The molecule has 5 rings (SSSR count). The summed E-state index contributed by atoms with van der Waals surface area (Å²) in [5.74, 6) is 1.58. The molecule has 192 valence electrons. The number of carbonyl (C=O) groups is 1. The molecule has 1 amide bonds. The zero-order chi connectivity index (χ0) is 25.8. The Labute approximate surface area is 216 Å². The molecule has 2 aromatic carbocycles. The molecule has 10 nitrogen and oxygen atoms in total. The SMILES string of the molecule is COCCN(C)C(=O)c1ccc(OC)c(N2CCN(c3ncnc4c3cnn4-c3ccccc3)CC2)c1. The van der Waals surface area contributed by atoms with Crippen LogP contribution in [-0.4, -0.2) is 91.2 Å². The van der Waals surface area contributed by atoms with Crippen molar-refractivity contribution in [2.75, 3.05) is 70.4 Å². The van der Waals surface area contributed by atoms with Crippen molar-refractivity contribution in [3.05, 3.63) is 66.6 Å². The van der Waals surface area contributed by atoms with Crippen LogP contribution in [0.5, 0.6) is 5.75 Å². The van der Waals surface area contributed by atoms with Crippen LogP contribution in [0.25, 0.3) is 16.7 Å². The van der Waals surface area contributed by atoms with Crippen LogP contribution in [-0.2, 0) is 4.74 Å². The predicted molar refractivity (Wildman–Crippen MR) is 143 cm³/mol. The summed E-state index contributed by atoms with van der Waals surface area (Å²) in [7, 11) is 5.07. The summed E-state index contributed by atoms with van der Waals surface area (Å²) in [5, 5.41) is 5.50. The number of rotatable bonds is 8. The Kier molecular flexibility index (Phi) is 7.18. The van der Waals surface area contributed by atoms with Crippen molar-refractivity contribution in [2.45, 2.75) is 0 Å². The molecule has 0 bridgehead atoms. The maximum absolute atomic E-state index is 12.9. The van der Waals surface area contributed by atoms with Crippen LogP contribution in [0.3, 0.4) is 0 Å². The second kappa shape index (κ2) is 10.8. The fourth-order valence-corrected chi connectivity index (χ4v) is 4.62. The fourth-order valence-electron chi connectivity index (χ4n) is 4.62. The van der Waals surface area contributed by atoms with E-state index in [-0.39, 0.29) is 5.91 Å². The Morgan fingerprint density at radius 2 is 1.76 bits per heavy atom. The van der Waals surface area contributed by atoms with Crippen LogP contribution >= 0.6 is 0 Å². The number of fused-ring (bicyclic) bond motifs is 1. The van der Waals surface area contributed by atoms with Gasteiger partial charge in [0.05, 0.1) is 36.7 Å². The molecule has 1 aliphatic rings. The van der Waals surface area contributed by atoms with E-state index in [1.165, 1.54) is 0 Å². The summed E-state index contributed by atoms with van der Waals surface area (Å²) >= 11 is 0. The molecular formula is C27H31N7O3. The van der Waals surface area contributed by atoms with Crippen LogP contribution in [0, 0.1) is 0 Å². The van der Waals surface area contributed by atoms with Gasteiger partial charge in [0.1, 0.15) is 17.9 Å². The van der Waals surface area contributed by atoms with Gasteiger partial charge in [-0.15, -0.1) is 0 Å². The lowest BCUT2D eigenvalue weighted by Gasteiger charge is -2.37.